The van der Waals surface area contributed by atoms with Crippen LogP contribution in [0.5, 0.6) is 0 Å². The molecule has 1 saturated heterocycles. The molecule has 1 aliphatic heterocycles. The highest BCUT2D eigenvalue weighted by Gasteiger charge is 2.48. The molecular weight excluding hydrogens is 183 g/mol. The van der Waals surface area contributed by atoms with Crippen LogP contribution in [0.1, 0.15) is 26.7 Å². The van der Waals surface area contributed by atoms with Crippen LogP contribution in [0, 0.1) is 0 Å². The van der Waals surface area contributed by atoms with Crippen LogP contribution in [0.15, 0.2) is 0 Å². The van der Waals surface area contributed by atoms with Gasteiger partial charge in [0.2, 0.25) is 0 Å². The van der Waals surface area contributed by atoms with E-state index in [9.17, 15) is 18.0 Å². The first-order valence-corrected chi connectivity index (χ1v) is 4.14. The maximum absolute atomic E-state index is 12.1. The summed E-state index contributed by atoms with van der Waals surface area (Å²) < 4.78 is 36.2. The molecule has 0 atom stereocenters. The highest BCUT2D eigenvalue weighted by Crippen LogP contribution is 2.32. The summed E-state index contributed by atoms with van der Waals surface area (Å²) in [6.07, 6.45) is -3.45. The number of nitrogens with zero attached hydrogens (tertiary/aromatic N) is 1. The zero-order valence-electron chi connectivity index (χ0n) is 7.61. The van der Waals surface area contributed by atoms with E-state index in [2.05, 4.69) is 0 Å². The van der Waals surface area contributed by atoms with Gasteiger partial charge in [-0.05, 0) is 26.7 Å². The Bertz CT molecular complexity index is 222. The Morgan fingerprint density at radius 3 is 2.23 bits per heavy atom. The number of carbonyl (C=O) groups is 1. The van der Waals surface area contributed by atoms with E-state index in [1.54, 1.807) is 13.8 Å². The lowest BCUT2D eigenvalue weighted by atomic mass is 10.0. The molecule has 5 heteroatoms. The number of hydrogen-bond donors (Lipinski definition) is 0. The molecule has 0 unspecified atom stereocenters. The highest BCUT2D eigenvalue weighted by atomic mass is 19.4. The van der Waals surface area contributed by atoms with Crippen molar-refractivity contribution in [3.05, 3.63) is 0 Å². The van der Waals surface area contributed by atoms with E-state index in [4.69, 9.17) is 0 Å². The number of likely N-dealkylation sites (tertiary alicyclic amines) is 1. The molecule has 0 aliphatic carbocycles. The lowest BCUT2D eigenvalue weighted by Gasteiger charge is -2.31. The molecule has 1 heterocycles. The van der Waals surface area contributed by atoms with E-state index in [-0.39, 0.29) is 6.54 Å². The lowest BCUT2D eigenvalue weighted by Crippen LogP contribution is -2.48. The van der Waals surface area contributed by atoms with Crippen molar-refractivity contribution in [1.82, 2.24) is 4.90 Å². The van der Waals surface area contributed by atoms with E-state index < -0.39 is 17.6 Å². The van der Waals surface area contributed by atoms with Crippen molar-refractivity contribution in [3.63, 3.8) is 0 Å². The van der Waals surface area contributed by atoms with Crippen LogP contribution in [-0.4, -0.2) is 29.1 Å². The predicted molar refractivity (Wildman–Crippen MR) is 41.1 cm³/mol. The molecule has 0 bridgehead atoms. The topological polar surface area (TPSA) is 20.3 Å². The SMILES string of the molecule is CC1(C)CCCN1C(=O)C(F)(F)F. The minimum absolute atomic E-state index is 0.214. The Morgan fingerprint density at radius 2 is 1.92 bits per heavy atom. The van der Waals surface area contributed by atoms with Crippen LogP contribution in [-0.2, 0) is 4.79 Å². The number of alkyl halides is 3. The van der Waals surface area contributed by atoms with Crippen LogP contribution in [0.4, 0.5) is 13.2 Å². The second-order valence-corrected chi connectivity index (χ2v) is 3.87. The fourth-order valence-corrected chi connectivity index (χ4v) is 1.64. The number of hydrogen-bond acceptors (Lipinski definition) is 1. The molecule has 1 amide bonds. The first-order chi connectivity index (χ1) is 5.75. The van der Waals surface area contributed by atoms with Gasteiger partial charge in [-0.2, -0.15) is 13.2 Å². The van der Waals surface area contributed by atoms with Crippen molar-refractivity contribution in [2.45, 2.75) is 38.4 Å². The molecule has 0 aromatic rings. The quantitative estimate of drug-likeness (QED) is 0.578. The van der Waals surface area contributed by atoms with Gasteiger partial charge in [-0.15, -0.1) is 0 Å². The summed E-state index contributed by atoms with van der Waals surface area (Å²) in [6.45, 7) is 3.53. The number of halogens is 3. The van der Waals surface area contributed by atoms with Gasteiger partial charge in [0.25, 0.3) is 0 Å². The average Bonchev–Trinajstić information content (AvgIpc) is 2.26. The monoisotopic (exact) mass is 195 g/mol. The molecular formula is C8H12F3NO. The molecule has 0 N–H and O–H groups in total. The molecule has 0 saturated carbocycles. The van der Waals surface area contributed by atoms with Crippen LogP contribution in [0.3, 0.4) is 0 Å². The van der Waals surface area contributed by atoms with Crippen molar-refractivity contribution in [3.8, 4) is 0 Å². The Kier molecular flexibility index (Phi) is 2.30. The molecule has 1 aliphatic rings. The fourth-order valence-electron chi connectivity index (χ4n) is 1.64. The molecule has 0 spiro atoms. The number of rotatable bonds is 0. The third-order valence-corrected chi connectivity index (χ3v) is 2.39. The minimum Gasteiger partial charge on any atom is -0.330 e. The third-order valence-electron chi connectivity index (χ3n) is 2.39. The van der Waals surface area contributed by atoms with E-state index >= 15 is 0 Å². The van der Waals surface area contributed by atoms with Gasteiger partial charge in [-0.25, -0.2) is 0 Å². The van der Waals surface area contributed by atoms with E-state index in [1.165, 1.54) is 0 Å². The zero-order chi connectivity index (χ0) is 10.3. The average molecular weight is 195 g/mol. The summed E-state index contributed by atoms with van der Waals surface area (Å²) in [5.41, 5.74) is -0.646. The zero-order valence-corrected chi connectivity index (χ0v) is 7.61. The minimum atomic E-state index is -4.73. The fraction of sp³-hybridized carbons (Fsp3) is 0.875. The van der Waals surface area contributed by atoms with E-state index in [1.807, 2.05) is 0 Å². The first kappa shape index (κ1) is 10.3. The van der Waals surface area contributed by atoms with Gasteiger partial charge in [0.15, 0.2) is 0 Å². The molecule has 76 valence electrons. The molecule has 13 heavy (non-hydrogen) atoms. The van der Waals surface area contributed by atoms with Crippen molar-refractivity contribution in [2.24, 2.45) is 0 Å². The maximum Gasteiger partial charge on any atom is 0.471 e. The van der Waals surface area contributed by atoms with Crippen molar-refractivity contribution < 1.29 is 18.0 Å². The lowest BCUT2D eigenvalue weighted by molar-refractivity contribution is -0.188. The van der Waals surface area contributed by atoms with Crippen molar-refractivity contribution in [1.29, 1.82) is 0 Å². The summed E-state index contributed by atoms with van der Waals surface area (Å²) in [5.74, 6) is -1.71. The van der Waals surface area contributed by atoms with Crippen LogP contribution in [0.2, 0.25) is 0 Å². The summed E-state index contributed by atoms with van der Waals surface area (Å²) in [4.78, 5) is 11.8. The van der Waals surface area contributed by atoms with Crippen LogP contribution >= 0.6 is 0 Å². The van der Waals surface area contributed by atoms with Crippen LogP contribution in [0.25, 0.3) is 0 Å². The van der Waals surface area contributed by atoms with Gasteiger partial charge < -0.3 is 4.90 Å². The van der Waals surface area contributed by atoms with Gasteiger partial charge in [0, 0.05) is 12.1 Å². The van der Waals surface area contributed by atoms with Gasteiger partial charge in [-0.1, -0.05) is 0 Å². The number of amides is 1. The Balaban J connectivity index is 2.79. The largest absolute Gasteiger partial charge is 0.471 e. The Labute approximate surface area is 74.7 Å². The van der Waals surface area contributed by atoms with E-state index in [0.717, 1.165) is 4.90 Å². The van der Waals surface area contributed by atoms with Crippen molar-refractivity contribution >= 4 is 5.91 Å². The highest BCUT2D eigenvalue weighted by molar-refractivity contribution is 5.82. The summed E-state index contributed by atoms with van der Waals surface area (Å²) >= 11 is 0. The maximum atomic E-state index is 12.1. The smallest absolute Gasteiger partial charge is 0.330 e. The first-order valence-electron chi connectivity index (χ1n) is 4.14. The Hall–Kier alpha value is -0.740. The van der Waals surface area contributed by atoms with Crippen LogP contribution < -0.4 is 0 Å². The molecule has 0 radical (unpaired) electrons. The molecule has 2 nitrogen and oxygen atoms in total. The number of carbonyl (C=O) groups excluding carboxylic acids is 1. The Morgan fingerprint density at radius 1 is 1.38 bits per heavy atom. The third kappa shape index (κ3) is 1.95. The molecule has 0 aromatic carbocycles. The van der Waals surface area contributed by atoms with Gasteiger partial charge in [0.1, 0.15) is 0 Å². The normalized spacial score (nSPS) is 22.1. The van der Waals surface area contributed by atoms with Gasteiger partial charge >= 0.3 is 12.1 Å². The van der Waals surface area contributed by atoms with Crippen molar-refractivity contribution in [2.75, 3.05) is 6.54 Å². The van der Waals surface area contributed by atoms with Gasteiger partial charge in [0.05, 0.1) is 0 Å². The second-order valence-electron chi connectivity index (χ2n) is 3.87. The van der Waals surface area contributed by atoms with E-state index in [0.29, 0.717) is 12.8 Å². The predicted octanol–water partition coefficient (Wildman–Crippen LogP) is 1.95. The molecule has 0 aromatic heterocycles. The standard InChI is InChI=1S/C8H12F3NO/c1-7(2)4-3-5-12(7)6(13)8(9,10)11/h3-5H2,1-2H3. The second kappa shape index (κ2) is 2.89. The summed E-state index contributed by atoms with van der Waals surface area (Å²) in [7, 11) is 0. The summed E-state index contributed by atoms with van der Waals surface area (Å²) in [6, 6.07) is 0. The molecule has 1 fully saturated rings. The summed E-state index contributed by atoms with van der Waals surface area (Å²) in [5, 5.41) is 0. The molecule has 1 rings (SSSR count). The van der Waals surface area contributed by atoms with Gasteiger partial charge in [-0.3, -0.25) is 4.79 Å².